The van der Waals surface area contributed by atoms with Crippen molar-refractivity contribution in [1.82, 2.24) is 0 Å². The van der Waals surface area contributed by atoms with Crippen LogP contribution in [0, 0.1) is 5.92 Å². The zero-order chi connectivity index (χ0) is 17.7. The number of benzene rings is 1. The van der Waals surface area contributed by atoms with Gasteiger partial charge >= 0.3 is 0 Å². The molecule has 6 atom stereocenters. The first kappa shape index (κ1) is 16.9. The number of hydrogen-bond donors (Lipinski definition) is 0. The average molecular weight is 350 g/mol. The molecule has 1 aromatic rings. The van der Waals surface area contributed by atoms with Crippen LogP contribution in [0.1, 0.15) is 19.8 Å². The van der Waals surface area contributed by atoms with Gasteiger partial charge in [0.2, 0.25) is 0 Å². The van der Waals surface area contributed by atoms with Crippen LogP contribution >= 0.6 is 0 Å². The second-order valence-electron chi connectivity index (χ2n) is 7.30. The molecule has 0 aromatic heterocycles. The Kier molecular flexibility index (Phi) is 4.09. The molecule has 0 unspecified atom stereocenters. The standard InChI is InChI=1S/C19H23FO5/c1-18(14(25-18)8-9-23-12-6-4-3-5-7-12)17-16(22-2)15(21)13(20)10-19(17)11-24-19/h3-7,13-14,16-17H,8-11H2,1-2H3/t13-,14+,16+,17+,18-,19-/m0/s1. The molecule has 3 aliphatic rings. The Hall–Kier alpha value is -1.50. The van der Waals surface area contributed by atoms with E-state index in [0.717, 1.165) is 5.75 Å². The molecule has 136 valence electrons. The third kappa shape index (κ3) is 2.86. The van der Waals surface area contributed by atoms with Crippen molar-refractivity contribution in [2.75, 3.05) is 20.3 Å². The summed E-state index contributed by atoms with van der Waals surface area (Å²) in [6.07, 6.45) is -1.60. The summed E-state index contributed by atoms with van der Waals surface area (Å²) in [4.78, 5) is 12.2. The minimum atomic E-state index is -1.52. The van der Waals surface area contributed by atoms with Crippen LogP contribution in [0.25, 0.3) is 0 Å². The summed E-state index contributed by atoms with van der Waals surface area (Å²) in [5, 5.41) is 0. The Bertz CT molecular complexity index is 646. The van der Waals surface area contributed by atoms with Gasteiger partial charge < -0.3 is 18.9 Å². The average Bonchev–Trinajstić information content (AvgIpc) is 3.51. The highest BCUT2D eigenvalue weighted by Crippen LogP contribution is 2.58. The summed E-state index contributed by atoms with van der Waals surface area (Å²) >= 11 is 0. The van der Waals surface area contributed by atoms with Crippen molar-refractivity contribution in [2.24, 2.45) is 5.92 Å². The van der Waals surface area contributed by atoms with E-state index in [1.54, 1.807) is 0 Å². The third-order valence-electron chi connectivity index (χ3n) is 5.74. The molecule has 0 radical (unpaired) electrons. The number of ether oxygens (including phenoxy) is 4. The number of carbonyl (C=O) groups excluding carboxylic acids is 1. The number of epoxide rings is 2. The maximum atomic E-state index is 14.0. The summed E-state index contributed by atoms with van der Waals surface area (Å²) in [5.74, 6) is 0.0330. The van der Waals surface area contributed by atoms with Gasteiger partial charge in [0.25, 0.3) is 0 Å². The number of Topliss-reactive ketones (excluding diaryl/α,β-unsaturated/α-hetero) is 1. The highest BCUT2D eigenvalue weighted by molar-refractivity contribution is 5.89. The highest BCUT2D eigenvalue weighted by atomic mass is 19.1. The summed E-state index contributed by atoms with van der Waals surface area (Å²) < 4.78 is 36.7. The van der Waals surface area contributed by atoms with Crippen molar-refractivity contribution in [3.63, 3.8) is 0 Å². The van der Waals surface area contributed by atoms with Crippen LogP contribution in [0.5, 0.6) is 5.75 Å². The van der Waals surface area contributed by atoms with Crippen molar-refractivity contribution in [1.29, 1.82) is 0 Å². The Labute approximate surface area is 146 Å². The normalized spacial score (nSPS) is 42.4. The molecule has 3 fully saturated rings. The molecule has 2 aliphatic heterocycles. The van der Waals surface area contributed by atoms with Gasteiger partial charge in [0.1, 0.15) is 23.1 Å². The largest absolute Gasteiger partial charge is 0.493 e. The first-order chi connectivity index (χ1) is 12.0. The van der Waals surface area contributed by atoms with E-state index in [1.165, 1.54) is 7.11 Å². The van der Waals surface area contributed by atoms with Gasteiger partial charge in [-0.1, -0.05) is 18.2 Å². The van der Waals surface area contributed by atoms with Crippen LogP contribution in [0.4, 0.5) is 4.39 Å². The molecule has 5 nitrogen and oxygen atoms in total. The predicted molar refractivity (Wildman–Crippen MR) is 87.3 cm³/mol. The van der Waals surface area contributed by atoms with Crippen LogP contribution in [-0.2, 0) is 19.0 Å². The van der Waals surface area contributed by atoms with Gasteiger partial charge in [-0.25, -0.2) is 4.39 Å². The smallest absolute Gasteiger partial charge is 0.196 e. The molecule has 0 amide bonds. The number of rotatable bonds is 6. The number of para-hydroxylation sites is 1. The van der Waals surface area contributed by atoms with Crippen LogP contribution in [-0.4, -0.2) is 55.7 Å². The summed E-state index contributed by atoms with van der Waals surface area (Å²) in [6, 6.07) is 9.59. The summed E-state index contributed by atoms with van der Waals surface area (Å²) in [7, 11) is 1.45. The fourth-order valence-corrected chi connectivity index (χ4v) is 4.31. The van der Waals surface area contributed by atoms with Crippen LogP contribution in [0.15, 0.2) is 30.3 Å². The zero-order valence-corrected chi connectivity index (χ0v) is 14.4. The number of halogens is 1. The second kappa shape index (κ2) is 6.04. The Morgan fingerprint density at radius 2 is 2.04 bits per heavy atom. The molecule has 0 N–H and O–H groups in total. The van der Waals surface area contributed by atoms with Crippen molar-refractivity contribution >= 4 is 5.78 Å². The van der Waals surface area contributed by atoms with E-state index >= 15 is 0 Å². The fraction of sp³-hybridized carbons (Fsp3) is 0.632. The SMILES string of the molecule is CO[C@@H]1C(=O)[C@@H](F)C[C@]2(CO2)[C@H]1[C@@]1(C)O[C@@H]1CCOc1ccccc1. The molecule has 1 saturated carbocycles. The maximum absolute atomic E-state index is 14.0. The minimum absolute atomic E-state index is 0.0519. The first-order valence-electron chi connectivity index (χ1n) is 8.70. The van der Waals surface area contributed by atoms with Gasteiger partial charge in [-0.3, -0.25) is 4.79 Å². The summed E-state index contributed by atoms with van der Waals surface area (Å²) in [5.41, 5.74) is -1.18. The lowest BCUT2D eigenvalue weighted by atomic mass is 9.68. The number of ketones is 1. The lowest BCUT2D eigenvalue weighted by molar-refractivity contribution is -0.150. The molecular weight excluding hydrogens is 327 g/mol. The van der Waals surface area contributed by atoms with E-state index in [4.69, 9.17) is 18.9 Å². The number of hydrogen-bond acceptors (Lipinski definition) is 5. The van der Waals surface area contributed by atoms with Gasteiger partial charge in [-0.15, -0.1) is 0 Å². The number of methoxy groups -OCH3 is 1. The van der Waals surface area contributed by atoms with Crippen molar-refractivity contribution < 1.29 is 28.1 Å². The van der Waals surface area contributed by atoms with Crippen LogP contribution < -0.4 is 4.74 Å². The molecule has 2 saturated heterocycles. The van der Waals surface area contributed by atoms with E-state index in [9.17, 15) is 9.18 Å². The highest BCUT2D eigenvalue weighted by Gasteiger charge is 2.73. The Balaban J connectivity index is 1.41. The van der Waals surface area contributed by atoms with Gasteiger partial charge in [0.05, 0.1) is 25.2 Å². The lowest BCUT2D eigenvalue weighted by Gasteiger charge is -2.38. The topological polar surface area (TPSA) is 60.6 Å². The molecular formula is C19H23FO5. The van der Waals surface area contributed by atoms with Gasteiger partial charge in [0, 0.05) is 20.0 Å². The molecule has 4 rings (SSSR count). The second-order valence-corrected chi connectivity index (χ2v) is 7.30. The summed E-state index contributed by atoms with van der Waals surface area (Å²) in [6.45, 7) is 2.94. The minimum Gasteiger partial charge on any atom is -0.493 e. The molecule has 25 heavy (non-hydrogen) atoms. The molecule has 6 heteroatoms. The van der Waals surface area contributed by atoms with Crippen molar-refractivity contribution in [3.8, 4) is 5.75 Å². The molecule has 1 aliphatic carbocycles. The number of carbonyl (C=O) groups is 1. The quantitative estimate of drug-likeness (QED) is 0.737. The molecule has 1 aromatic carbocycles. The Morgan fingerprint density at radius 3 is 2.68 bits per heavy atom. The van der Waals surface area contributed by atoms with E-state index < -0.39 is 29.3 Å². The monoisotopic (exact) mass is 350 g/mol. The van der Waals surface area contributed by atoms with Gasteiger partial charge in [-0.05, 0) is 19.1 Å². The van der Waals surface area contributed by atoms with Gasteiger partial charge in [-0.2, -0.15) is 0 Å². The van der Waals surface area contributed by atoms with E-state index in [1.807, 2.05) is 37.3 Å². The van der Waals surface area contributed by atoms with Gasteiger partial charge in [0.15, 0.2) is 12.0 Å². The molecule has 0 bridgehead atoms. The first-order valence-corrected chi connectivity index (χ1v) is 8.70. The van der Waals surface area contributed by atoms with Crippen molar-refractivity contribution in [3.05, 3.63) is 30.3 Å². The maximum Gasteiger partial charge on any atom is 0.196 e. The predicted octanol–water partition coefficient (Wildman–Crippen LogP) is 2.32. The van der Waals surface area contributed by atoms with E-state index in [-0.39, 0.29) is 18.4 Å². The third-order valence-corrected chi connectivity index (χ3v) is 5.74. The van der Waals surface area contributed by atoms with Crippen LogP contribution in [0.2, 0.25) is 0 Å². The van der Waals surface area contributed by atoms with E-state index in [2.05, 4.69) is 0 Å². The Morgan fingerprint density at radius 1 is 1.32 bits per heavy atom. The fourth-order valence-electron chi connectivity index (χ4n) is 4.31. The van der Waals surface area contributed by atoms with E-state index in [0.29, 0.717) is 19.6 Å². The lowest BCUT2D eigenvalue weighted by Crippen LogP contribution is -2.56. The zero-order valence-electron chi connectivity index (χ0n) is 14.4. The number of alkyl halides is 1. The van der Waals surface area contributed by atoms with Crippen LogP contribution in [0.3, 0.4) is 0 Å². The van der Waals surface area contributed by atoms with Crippen molar-refractivity contribution in [2.45, 2.75) is 49.3 Å². The molecule has 1 spiro atoms. The molecule has 2 heterocycles.